The molecule has 0 atom stereocenters. The predicted molar refractivity (Wildman–Crippen MR) is 106 cm³/mol. The molecule has 0 spiro atoms. The third-order valence-corrected chi connectivity index (χ3v) is 4.42. The van der Waals surface area contributed by atoms with Gasteiger partial charge >= 0.3 is 11.8 Å². The second-order valence-corrected chi connectivity index (χ2v) is 6.38. The van der Waals surface area contributed by atoms with Gasteiger partial charge in [-0.1, -0.05) is 60.8 Å². The minimum atomic E-state index is -0.880. The molecule has 0 unspecified atom stereocenters. The van der Waals surface area contributed by atoms with Crippen LogP contribution in [0.1, 0.15) is 30.9 Å². The Kier molecular flexibility index (Phi) is 7.63. The van der Waals surface area contributed by atoms with Gasteiger partial charge in [0.2, 0.25) is 0 Å². The number of halogens is 2. The fourth-order valence-electron chi connectivity index (χ4n) is 2.15. The number of nitrogens with one attached hydrogen (secondary N) is 2. The van der Waals surface area contributed by atoms with Crippen molar-refractivity contribution in [3.63, 3.8) is 0 Å². The van der Waals surface area contributed by atoms with Crippen molar-refractivity contribution < 1.29 is 9.59 Å². The van der Waals surface area contributed by atoms with Crippen molar-refractivity contribution in [3.8, 4) is 0 Å². The van der Waals surface area contributed by atoms with E-state index in [1.54, 1.807) is 30.3 Å². The highest BCUT2D eigenvalue weighted by atomic mass is 35.5. The van der Waals surface area contributed by atoms with E-state index in [0.717, 1.165) is 19.3 Å². The molecular formula is C19H19Cl2N3O2. The van der Waals surface area contributed by atoms with Crippen LogP contribution in [0.5, 0.6) is 0 Å². The normalized spacial score (nSPS) is 10.7. The Bertz CT molecular complexity index is 805. The Labute approximate surface area is 162 Å². The van der Waals surface area contributed by atoms with Crippen molar-refractivity contribution in [1.82, 2.24) is 5.43 Å². The van der Waals surface area contributed by atoms with Crippen molar-refractivity contribution in [2.24, 2.45) is 5.10 Å². The Balaban J connectivity index is 1.88. The number of unbranched alkanes of at least 4 members (excludes halogenated alkanes) is 1. The maximum Gasteiger partial charge on any atom is 0.329 e. The summed E-state index contributed by atoms with van der Waals surface area (Å²) in [6.45, 7) is 2.13. The van der Waals surface area contributed by atoms with Gasteiger partial charge < -0.3 is 5.32 Å². The Hall–Kier alpha value is -2.37. The molecule has 2 aromatic carbocycles. The van der Waals surface area contributed by atoms with Crippen LogP contribution in [0.25, 0.3) is 0 Å². The lowest BCUT2D eigenvalue weighted by Crippen LogP contribution is -2.32. The summed E-state index contributed by atoms with van der Waals surface area (Å²) < 4.78 is 0. The molecule has 0 aliphatic rings. The van der Waals surface area contributed by atoms with Crippen LogP contribution in [0.4, 0.5) is 5.69 Å². The van der Waals surface area contributed by atoms with E-state index in [2.05, 4.69) is 22.8 Å². The topological polar surface area (TPSA) is 70.6 Å². The van der Waals surface area contributed by atoms with Crippen molar-refractivity contribution in [2.45, 2.75) is 26.2 Å². The third kappa shape index (κ3) is 5.86. The van der Waals surface area contributed by atoms with Gasteiger partial charge in [0, 0.05) is 11.3 Å². The van der Waals surface area contributed by atoms with Crippen LogP contribution < -0.4 is 10.7 Å². The fraction of sp³-hybridized carbons (Fsp3) is 0.211. The van der Waals surface area contributed by atoms with Crippen molar-refractivity contribution >= 4 is 46.9 Å². The first-order chi connectivity index (χ1) is 12.5. The molecule has 0 aromatic heterocycles. The van der Waals surface area contributed by atoms with E-state index in [-0.39, 0.29) is 0 Å². The molecule has 0 aliphatic heterocycles. The summed E-state index contributed by atoms with van der Waals surface area (Å²) in [6.07, 6.45) is 4.55. The molecule has 0 aliphatic carbocycles. The number of aryl methyl sites for hydroxylation is 1. The molecule has 0 bridgehead atoms. The summed E-state index contributed by atoms with van der Waals surface area (Å²) >= 11 is 11.9. The van der Waals surface area contributed by atoms with Gasteiger partial charge in [-0.3, -0.25) is 9.59 Å². The van der Waals surface area contributed by atoms with Crippen LogP contribution in [0.2, 0.25) is 10.0 Å². The van der Waals surface area contributed by atoms with E-state index in [1.165, 1.54) is 11.8 Å². The first kappa shape index (κ1) is 19.9. The minimum Gasteiger partial charge on any atom is -0.318 e. The van der Waals surface area contributed by atoms with Crippen LogP contribution in [0, 0.1) is 0 Å². The van der Waals surface area contributed by atoms with E-state index in [4.69, 9.17) is 23.2 Å². The average molecular weight is 392 g/mol. The third-order valence-electron chi connectivity index (χ3n) is 3.59. The summed E-state index contributed by atoms with van der Waals surface area (Å²) in [7, 11) is 0. The second-order valence-electron chi connectivity index (χ2n) is 5.60. The van der Waals surface area contributed by atoms with Crippen molar-refractivity contribution in [1.29, 1.82) is 0 Å². The highest BCUT2D eigenvalue weighted by Crippen LogP contribution is 2.24. The number of benzene rings is 2. The predicted octanol–water partition coefficient (Wildman–Crippen LogP) is 4.42. The molecular weight excluding hydrogens is 373 g/mol. The molecule has 2 aromatic rings. The lowest BCUT2D eigenvalue weighted by molar-refractivity contribution is -0.136. The quantitative estimate of drug-likeness (QED) is 0.434. The number of hydrogen-bond donors (Lipinski definition) is 2. The molecule has 7 heteroatoms. The van der Waals surface area contributed by atoms with Gasteiger partial charge in [0.05, 0.1) is 16.3 Å². The maximum absolute atomic E-state index is 11.9. The standard InChI is InChI=1S/C19H19Cl2N3O2/c1-2-3-5-13-8-10-15(11-9-13)23-18(25)19(26)24-22-12-14-6-4-7-16(20)17(14)21/h4,6-12H,2-3,5H2,1H3,(H,23,25)(H,24,26)/b22-12-. The fourth-order valence-corrected chi connectivity index (χ4v) is 2.51. The maximum atomic E-state index is 11.9. The van der Waals surface area contributed by atoms with Crippen LogP contribution in [-0.2, 0) is 16.0 Å². The zero-order valence-corrected chi connectivity index (χ0v) is 15.8. The number of rotatable bonds is 6. The molecule has 0 fully saturated rings. The number of hydrogen-bond acceptors (Lipinski definition) is 3. The van der Waals surface area contributed by atoms with Gasteiger partial charge in [0.15, 0.2) is 0 Å². The van der Waals surface area contributed by atoms with Gasteiger partial charge in [-0.25, -0.2) is 5.43 Å². The minimum absolute atomic E-state index is 0.319. The average Bonchev–Trinajstić information content (AvgIpc) is 2.64. The SMILES string of the molecule is CCCCc1ccc(NC(=O)C(=O)N/N=C\c2cccc(Cl)c2Cl)cc1. The molecule has 2 amide bonds. The molecule has 0 radical (unpaired) electrons. The first-order valence-electron chi connectivity index (χ1n) is 8.18. The van der Waals surface area contributed by atoms with Gasteiger partial charge in [0.1, 0.15) is 0 Å². The lowest BCUT2D eigenvalue weighted by atomic mass is 10.1. The number of carbonyl (C=O) groups is 2. The summed E-state index contributed by atoms with van der Waals surface area (Å²) in [5.41, 5.74) is 4.42. The Morgan fingerprint density at radius 3 is 2.50 bits per heavy atom. The van der Waals surface area contributed by atoms with E-state index in [0.29, 0.717) is 21.3 Å². The molecule has 26 heavy (non-hydrogen) atoms. The summed E-state index contributed by atoms with van der Waals surface area (Å²) in [6, 6.07) is 12.4. The van der Waals surface area contributed by atoms with E-state index < -0.39 is 11.8 Å². The van der Waals surface area contributed by atoms with Crippen molar-refractivity contribution in [3.05, 3.63) is 63.6 Å². The molecule has 0 heterocycles. The lowest BCUT2D eigenvalue weighted by Gasteiger charge is -2.05. The van der Waals surface area contributed by atoms with Gasteiger partial charge in [-0.05, 0) is 36.6 Å². The van der Waals surface area contributed by atoms with E-state index in [9.17, 15) is 9.59 Å². The van der Waals surface area contributed by atoms with Crippen molar-refractivity contribution in [2.75, 3.05) is 5.32 Å². The monoisotopic (exact) mass is 391 g/mol. The van der Waals surface area contributed by atoms with Gasteiger partial charge in [-0.2, -0.15) is 5.10 Å². The molecule has 136 valence electrons. The Morgan fingerprint density at radius 2 is 1.81 bits per heavy atom. The van der Waals surface area contributed by atoms with Gasteiger partial charge in [-0.15, -0.1) is 0 Å². The highest BCUT2D eigenvalue weighted by molar-refractivity contribution is 6.43. The first-order valence-corrected chi connectivity index (χ1v) is 8.94. The Morgan fingerprint density at radius 1 is 1.08 bits per heavy atom. The molecule has 5 nitrogen and oxygen atoms in total. The number of carbonyl (C=O) groups excluding carboxylic acids is 2. The number of amides is 2. The second kappa shape index (κ2) is 9.94. The number of nitrogens with zero attached hydrogens (tertiary/aromatic N) is 1. The summed E-state index contributed by atoms with van der Waals surface area (Å²) in [5.74, 6) is -1.69. The number of hydrazone groups is 1. The molecule has 2 N–H and O–H groups in total. The smallest absolute Gasteiger partial charge is 0.318 e. The summed E-state index contributed by atoms with van der Waals surface area (Å²) in [5, 5.41) is 6.94. The van der Waals surface area contributed by atoms with Crippen LogP contribution in [0.15, 0.2) is 47.6 Å². The number of anilines is 1. The zero-order chi connectivity index (χ0) is 18.9. The van der Waals surface area contributed by atoms with Crippen LogP contribution >= 0.6 is 23.2 Å². The van der Waals surface area contributed by atoms with Crippen LogP contribution in [-0.4, -0.2) is 18.0 Å². The molecule has 0 saturated carbocycles. The molecule has 0 saturated heterocycles. The van der Waals surface area contributed by atoms with E-state index in [1.807, 2.05) is 12.1 Å². The summed E-state index contributed by atoms with van der Waals surface area (Å²) in [4.78, 5) is 23.7. The van der Waals surface area contributed by atoms with E-state index >= 15 is 0 Å². The largest absolute Gasteiger partial charge is 0.329 e. The zero-order valence-electron chi connectivity index (χ0n) is 14.3. The molecule has 2 rings (SSSR count). The highest BCUT2D eigenvalue weighted by Gasteiger charge is 2.13. The van der Waals surface area contributed by atoms with Gasteiger partial charge in [0.25, 0.3) is 0 Å². The van der Waals surface area contributed by atoms with Crippen LogP contribution in [0.3, 0.4) is 0 Å².